The summed E-state index contributed by atoms with van der Waals surface area (Å²) in [5.74, 6) is -0.312. The molecule has 7 heteroatoms. The number of aliphatic hydroxyl groups is 1. The van der Waals surface area contributed by atoms with E-state index in [4.69, 9.17) is 14.6 Å². The summed E-state index contributed by atoms with van der Waals surface area (Å²) in [5, 5.41) is 11.8. The molecule has 1 aliphatic rings. The summed E-state index contributed by atoms with van der Waals surface area (Å²) in [6.07, 6.45) is 0.686. The van der Waals surface area contributed by atoms with Crippen LogP contribution in [0.4, 0.5) is 0 Å². The molecule has 1 rings (SSSR count). The van der Waals surface area contributed by atoms with Gasteiger partial charge in [0.25, 0.3) is 0 Å². The SMILES string of the molecule is CCOC(=O)CCCNC(=O)CN1CCOC(CO)C1. The number of nitrogens with one attached hydrogen (secondary N) is 1. The second-order valence-electron chi connectivity index (χ2n) is 4.67. The lowest BCUT2D eigenvalue weighted by atomic mass is 10.2. The topological polar surface area (TPSA) is 88.1 Å². The molecule has 0 spiro atoms. The predicted molar refractivity (Wildman–Crippen MR) is 72.1 cm³/mol. The Bertz CT molecular complexity index is 311. The zero-order valence-corrected chi connectivity index (χ0v) is 12.0. The maximum absolute atomic E-state index is 11.7. The molecule has 20 heavy (non-hydrogen) atoms. The van der Waals surface area contributed by atoms with E-state index < -0.39 is 0 Å². The van der Waals surface area contributed by atoms with Gasteiger partial charge < -0.3 is 19.9 Å². The Kier molecular flexibility index (Phi) is 8.17. The van der Waals surface area contributed by atoms with Gasteiger partial charge in [0.05, 0.1) is 32.5 Å². The van der Waals surface area contributed by atoms with Crippen LogP contribution in [0, 0.1) is 0 Å². The van der Waals surface area contributed by atoms with Crippen molar-refractivity contribution in [2.45, 2.75) is 25.9 Å². The largest absolute Gasteiger partial charge is 0.466 e. The van der Waals surface area contributed by atoms with Crippen LogP contribution in [0.2, 0.25) is 0 Å². The van der Waals surface area contributed by atoms with E-state index in [0.29, 0.717) is 52.2 Å². The van der Waals surface area contributed by atoms with E-state index in [1.54, 1.807) is 6.92 Å². The molecule has 0 aliphatic carbocycles. The van der Waals surface area contributed by atoms with Gasteiger partial charge in [0.2, 0.25) is 5.91 Å². The predicted octanol–water partition coefficient (Wildman–Crippen LogP) is -0.861. The number of hydrogen-bond acceptors (Lipinski definition) is 6. The highest BCUT2D eigenvalue weighted by molar-refractivity contribution is 5.78. The molecule has 0 bridgehead atoms. The minimum atomic E-state index is -0.235. The fourth-order valence-electron chi connectivity index (χ4n) is 1.99. The summed E-state index contributed by atoms with van der Waals surface area (Å²) in [6, 6.07) is 0. The lowest BCUT2D eigenvalue weighted by Crippen LogP contribution is -2.48. The van der Waals surface area contributed by atoms with Crippen LogP contribution in [0.25, 0.3) is 0 Å². The highest BCUT2D eigenvalue weighted by Gasteiger charge is 2.21. The Balaban J connectivity index is 2.09. The number of aliphatic hydroxyl groups excluding tert-OH is 1. The first kappa shape index (κ1) is 16.9. The zero-order chi connectivity index (χ0) is 14.8. The number of esters is 1. The van der Waals surface area contributed by atoms with E-state index in [-0.39, 0.29) is 24.6 Å². The Morgan fingerprint density at radius 3 is 3.00 bits per heavy atom. The number of ether oxygens (including phenoxy) is 2. The average Bonchev–Trinajstić information content (AvgIpc) is 2.44. The van der Waals surface area contributed by atoms with E-state index in [0.717, 1.165) is 0 Å². The van der Waals surface area contributed by atoms with Gasteiger partial charge in [-0.3, -0.25) is 14.5 Å². The third-order valence-corrected chi connectivity index (χ3v) is 2.98. The number of rotatable bonds is 8. The third kappa shape index (κ3) is 6.83. The molecule has 2 N–H and O–H groups in total. The van der Waals surface area contributed by atoms with Gasteiger partial charge in [-0.1, -0.05) is 0 Å². The molecule has 1 fully saturated rings. The quantitative estimate of drug-likeness (QED) is 0.446. The van der Waals surface area contributed by atoms with Crippen molar-refractivity contribution in [2.24, 2.45) is 0 Å². The molecule has 1 saturated heterocycles. The highest BCUT2D eigenvalue weighted by Crippen LogP contribution is 2.03. The van der Waals surface area contributed by atoms with Gasteiger partial charge in [-0.2, -0.15) is 0 Å². The van der Waals surface area contributed by atoms with Crippen LogP contribution in [0.5, 0.6) is 0 Å². The molecule has 1 unspecified atom stereocenters. The minimum absolute atomic E-state index is 0.0301. The Hall–Kier alpha value is -1.18. The summed E-state index contributed by atoms with van der Waals surface area (Å²) in [6.45, 7) is 4.65. The van der Waals surface area contributed by atoms with Gasteiger partial charge in [-0.15, -0.1) is 0 Å². The van der Waals surface area contributed by atoms with Gasteiger partial charge >= 0.3 is 5.97 Å². The zero-order valence-electron chi connectivity index (χ0n) is 12.0. The standard InChI is InChI=1S/C13H24N2O5/c1-2-19-13(18)4-3-5-14-12(17)9-15-6-7-20-11(8-15)10-16/h11,16H,2-10H2,1H3,(H,14,17). The summed E-state index contributed by atoms with van der Waals surface area (Å²) < 4.78 is 10.1. The summed E-state index contributed by atoms with van der Waals surface area (Å²) in [4.78, 5) is 24.7. The van der Waals surface area contributed by atoms with Crippen molar-refractivity contribution in [3.8, 4) is 0 Å². The van der Waals surface area contributed by atoms with Crippen LogP contribution in [0.1, 0.15) is 19.8 Å². The van der Waals surface area contributed by atoms with Crippen LogP contribution in [-0.4, -0.2) is 74.0 Å². The van der Waals surface area contributed by atoms with E-state index in [9.17, 15) is 9.59 Å². The van der Waals surface area contributed by atoms with Gasteiger partial charge in [-0.25, -0.2) is 0 Å². The lowest BCUT2D eigenvalue weighted by molar-refractivity contribution is -0.143. The Morgan fingerprint density at radius 1 is 1.50 bits per heavy atom. The molecule has 0 aromatic heterocycles. The number of carbonyl (C=O) groups is 2. The van der Waals surface area contributed by atoms with Gasteiger partial charge in [0.1, 0.15) is 0 Å². The Morgan fingerprint density at radius 2 is 2.30 bits per heavy atom. The maximum Gasteiger partial charge on any atom is 0.305 e. The first-order valence-electron chi connectivity index (χ1n) is 7.02. The van der Waals surface area contributed by atoms with Crippen molar-refractivity contribution >= 4 is 11.9 Å². The molecule has 0 aromatic carbocycles. The molecule has 1 atom stereocenters. The normalized spacial score (nSPS) is 19.6. The number of hydrogen-bond donors (Lipinski definition) is 2. The van der Waals surface area contributed by atoms with Crippen LogP contribution in [0.3, 0.4) is 0 Å². The van der Waals surface area contributed by atoms with E-state index >= 15 is 0 Å². The van der Waals surface area contributed by atoms with Crippen molar-refractivity contribution < 1.29 is 24.2 Å². The molecule has 0 saturated carbocycles. The first-order valence-corrected chi connectivity index (χ1v) is 7.02. The average molecular weight is 288 g/mol. The van der Waals surface area contributed by atoms with Crippen molar-refractivity contribution in [2.75, 3.05) is 46.0 Å². The summed E-state index contributed by atoms with van der Waals surface area (Å²) in [7, 11) is 0. The van der Waals surface area contributed by atoms with E-state index in [1.807, 2.05) is 4.90 Å². The van der Waals surface area contributed by atoms with Crippen LogP contribution < -0.4 is 5.32 Å². The third-order valence-electron chi connectivity index (χ3n) is 2.98. The molecule has 1 heterocycles. The summed E-state index contributed by atoms with van der Waals surface area (Å²) >= 11 is 0. The highest BCUT2D eigenvalue weighted by atomic mass is 16.5. The van der Waals surface area contributed by atoms with E-state index in [2.05, 4.69) is 5.32 Å². The number of morpholine rings is 1. The van der Waals surface area contributed by atoms with Gasteiger partial charge in [0.15, 0.2) is 0 Å². The van der Waals surface area contributed by atoms with E-state index in [1.165, 1.54) is 0 Å². The minimum Gasteiger partial charge on any atom is -0.466 e. The van der Waals surface area contributed by atoms with Crippen LogP contribution in [-0.2, 0) is 19.1 Å². The molecule has 1 aliphatic heterocycles. The smallest absolute Gasteiger partial charge is 0.305 e. The van der Waals surface area contributed by atoms with Crippen LogP contribution >= 0.6 is 0 Å². The molecular weight excluding hydrogens is 264 g/mol. The maximum atomic E-state index is 11.7. The molecular formula is C13H24N2O5. The summed E-state index contributed by atoms with van der Waals surface area (Å²) in [5.41, 5.74) is 0. The fourth-order valence-corrected chi connectivity index (χ4v) is 1.99. The monoisotopic (exact) mass is 288 g/mol. The fraction of sp³-hybridized carbons (Fsp3) is 0.846. The molecule has 1 amide bonds. The van der Waals surface area contributed by atoms with Crippen molar-refractivity contribution in [1.29, 1.82) is 0 Å². The van der Waals surface area contributed by atoms with Gasteiger partial charge in [-0.05, 0) is 13.3 Å². The van der Waals surface area contributed by atoms with Crippen LogP contribution in [0.15, 0.2) is 0 Å². The molecule has 0 radical (unpaired) electrons. The second-order valence-corrected chi connectivity index (χ2v) is 4.67. The Labute approximate surface area is 119 Å². The molecule has 116 valence electrons. The van der Waals surface area contributed by atoms with Gasteiger partial charge in [0, 0.05) is 26.1 Å². The van der Waals surface area contributed by atoms with Crippen molar-refractivity contribution in [3.05, 3.63) is 0 Å². The lowest BCUT2D eigenvalue weighted by Gasteiger charge is -2.31. The number of nitrogens with zero attached hydrogens (tertiary/aromatic N) is 1. The first-order chi connectivity index (χ1) is 9.65. The second kappa shape index (κ2) is 9.68. The van der Waals surface area contributed by atoms with Crippen molar-refractivity contribution in [1.82, 2.24) is 10.2 Å². The molecule has 0 aromatic rings. The number of carbonyl (C=O) groups excluding carboxylic acids is 2. The van der Waals surface area contributed by atoms with Crippen molar-refractivity contribution in [3.63, 3.8) is 0 Å². The molecule has 7 nitrogen and oxygen atoms in total. The number of amides is 1.